The molecule has 0 saturated carbocycles. The summed E-state index contributed by atoms with van der Waals surface area (Å²) in [7, 11) is -3.57. The summed E-state index contributed by atoms with van der Waals surface area (Å²) in [6.07, 6.45) is -0.213. The van der Waals surface area contributed by atoms with Gasteiger partial charge in [0.1, 0.15) is 5.76 Å². The van der Waals surface area contributed by atoms with E-state index in [-0.39, 0.29) is 17.3 Å². The highest BCUT2D eigenvalue weighted by Crippen LogP contribution is 2.22. The van der Waals surface area contributed by atoms with Crippen LogP contribution in [0.25, 0.3) is 0 Å². The van der Waals surface area contributed by atoms with Crippen molar-refractivity contribution in [1.29, 1.82) is 0 Å². The first kappa shape index (κ1) is 15.5. The highest BCUT2D eigenvalue weighted by molar-refractivity contribution is 7.89. The zero-order valence-electron chi connectivity index (χ0n) is 12.1. The Morgan fingerprint density at radius 2 is 1.95 bits per heavy atom. The van der Waals surface area contributed by atoms with E-state index in [4.69, 9.17) is 9.15 Å². The summed E-state index contributed by atoms with van der Waals surface area (Å²) in [4.78, 5) is 0. The SMILES string of the molecule is CCNCc1ccc(S(=O)(=O)N2CC(C)OC(C)C2)o1. The Bertz CT molecular complexity index is 530. The van der Waals surface area contributed by atoms with E-state index in [1.807, 2.05) is 20.8 Å². The summed E-state index contributed by atoms with van der Waals surface area (Å²) < 4.78 is 37.5. The predicted octanol–water partition coefficient (Wildman–Crippen LogP) is 1.19. The van der Waals surface area contributed by atoms with Gasteiger partial charge >= 0.3 is 0 Å². The molecular weight excluding hydrogens is 280 g/mol. The van der Waals surface area contributed by atoms with Crippen molar-refractivity contribution in [3.63, 3.8) is 0 Å². The first-order valence-electron chi connectivity index (χ1n) is 6.88. The normalized spacial score (nSPS) is 24.9. The largest absolute Gasteiger partial charge is 0.447 e. The van der Waals surface area contributed by atoms with Crippen LogP contribution in [0.2, 0.25) is 0 Å². The molecule has 1 aliphatic heterocycles. The summed E-state index contributed by atoms with van der Waals surface area (Å²) in [6, 6.07) is 3.22. The molecule has 1 saturated heterocycles. The average molecular weight is 302 g/mol. The Morgan fingerprint density at radius 3 is 2.55 bits per heavy atom. The molecule has 1 aliphatic rings. The van der Waals surface area contributed by atoms with Crippen LogP contribution >= 0.6 is 0 Å². The van der Waals surface area contributed by atoms with E-state index in [0.717, 1.165) is 6.54 Å². The molecule has 0 amide bonds. The van der Waals surface area contributed by atoms with Gasteiger partial charge in [0.05, 0.1) is 18.8 Å². The zero-order chi connectivity index (χ0) is 14.8. The maximum Gasteiger partial charge on any atom is 0.276 e. The van der Waals surface area contributed by atoms with Crippen molar-refractivity contribution in [1.82, 2.24) is 9.62 Å². The van der Waals surface area contributed by atoms with Crippen LogP contribution in [0.1, 0.15) is 26.5 Å². The average Bonchev–Trinajstić information content (AvgIpc) is 2.84. The van der Waals surface area contributed by atoms with Gasteiger partial charge < -0.3 is 14.5 Å². The minimum atomic E-state index is -3.57. The second kappa shape index (κ2) is 6.26. The van der Waals surface area contributed by atoms with Crippen molar-refractivity contribution in [2.75, 3.05) is 19.6 Å². The highest BCUT2D eigenvalue weighted by atomic mass is 32.2. The number of hydrogen-bond acceptors (Lipinski definition) is 5. The molecule has 114 valence electrons. The number of furan rings is 1. The van der Waals surface area contributed by atoms with Gasteiger partial charge in [-0.25, -0.2) is 8.42 Å². The third-order valence-corrected chi connectivity index (χ3v) is 4.87. The van der Waals surface area contributed by atoms with Gasteiger partial charge in [0.2, 0.25) is 5.09 Å². The summed E-state index contributed by atoms with van der Waals surface area (Å²) >= 11 is 0. The Labute approximate surface area is 120 Å². The summed E-state index contributed by atoms with van der Waals surface area (Å²) in [5, 5.41) is 3.11. The van der Waals surface area contributed by atoms with Gasteiger partial charge in [0.25, 0.3) is 10.0 Å². The first-order chi connectivity index (χ1) is 9.43. The van der Waals surface area contributed by atoms with Crippen molar-refractivity contribution in [3.8, 4) is 0 Å². The van der Waals surface area contributed by atoms with E-state index in [1.54, 1.807) is 6.07 Å². The molecule has 2 heterocycles. The lowest BCUT2D eigenvalue weighted by molar-refractivity contribution is -0.0443. The fourth-order valence-corrected chi connectivity index (χ4v) is 3.81. The molecule has 0 aromatic carbocycles. The first-order valence-corrected chi connectivity index (χ1v) is 8.32. The highest BCUT2D eigenvalue weighted by Gasteiger charge is 2.34. The topological polar surface area (TPSA) is 71.8 Å². The Morgan fingerprint density at radius 1 is 1.30 bits per heavy atom. The van der Waals surface area contributed by atoms with Gasteiger partial charge in [-0.3, -0.25) is 0 Å². The minimum Gasteiger partial charge on any atom is -0.447 e. The van der Waals surface area contributed by atoms with Crippen LogP contribution < -0.4 is 5.32 Å². The van der Waals surface area contributed by atoms with Crippen LogP contribution in [0.15, 0.2) is 21.6 Å². The predicted molar refractivity (Wildman–Crippen MR) is 74.9 cm³/mol. The number of ether oxygens (including phenoxy) is 1. The van der Waals surface area contributed by atoms with Gasteiger partial charge in [-0.2, -0.15) is 4.31 Å². The maximum atomic E-state index is 12.5. The molecule has 6 nitrogen and oxygen atoms in total. The standard InChI is InChI=1S/C13H22N2O4S/c1-4-14-7-12-5-6-13(19-12)20(16,17)15-8-10(2)18-11(3)9-15/h5-6,10-11,14H,4,7-9H2,1-3H3. The van der Waals surface area contributed by atoms with E-state index < -0.39 is 10.0 Å². The van der Waals surface area contributed by atoms with Crippen molar-refractivity contribution in [2.45, 2.75) is 44.6 Å². The number of rotatable bonds is 5. The van der Waals surface area contributed by atoms with Gasteiger partial charge in [-0.05, 0) is 32.5 Å². The molecule has 1 N–H and O–H groups in total. The molecule has 7 heteroatoms. The summed E-state index contributed by atoms with van der Waals surface area (Å²) in [6.45, 7) is 7.78. The fraction of sp³-hybridized carbons (Fsp3) is 0.692. The quantitative estimate of drug-likeness (QED) is 0.884. The van der Waals surface area contributed by atoms with Crippen molar-refractivity contribution in [3.05, 3.63) is 17.9 Å². The smallest absolute Gasteiger partial charge is 0.276 e. The lowest BCUT2D eigenvalue weighted by atomic mass is 10.3. The van der Waals surface area contributed by atoms with Crippen LogP contribution in [-0.2, 0) is 21.3 Å². The second-order valence-corrected chi connectivity index (χ2v) is 6.95. The van der Waals surface area contributed by atoms with Gasteiger partial charge in [0.15, 0.2) is 0 Å². The van der Waals surface area contributed by atoms with Crippen molar-refractivity contribution >= 4 is 10.0 Å². The van der Waals surface area contributed by atoms with Gasteiger partial charge in [-0.15, -0.1) is 0 Å². The minimum absolute atomic E-state index is 0.00621. The lowest BCUT2D eigenvalue weighted by Gasteiger charge is -2.33. The maximum absolute atomic E-state index is 12.5. The number of nitrogens with one attached hydrogen (secondary N) is 1. The van der Waals surface area contributed by atoms with Crippen LogP contribution in [0.4, 0.5) is 0 Å². The molecule has 1 fully saturated rings. The third-order valence-electron chi connectivity index (χ3n) is 3.17. The molecule has 0 bridgehead atoms. The number of nitrogens with zero attached hydrogens (tertiary/aromatic N) is 1. The third kappa shape index (κ3) is 3.41. The van der Waals surface area contributed by atoms with E-state index in [0.29, 0.717) is 25.4 Å². The van der Waals surface area contributed by atoms with Crippen molar-refractivity contribution in [2.24, 2.45) is 0 Å². The molecular formula is C13H22N2O4S. The van der Waals surface area contributed by atoms with Crippen LogP contribution in [0.5, 0.6) is 0 Å². The Kier molecular flexibility index (Phi) is 4.85. The summed E-state index contributed by atoms with van der Waals surface area (Å²) in [5.41, 5.74) is 0. The van der Waals surface area contributed by atoms with Crippen LogP contribution in [0, 0.1) is 0 Å². The lowest BCUT2D eigenvalue weighted by Crippen LogP contribution is -2.47. The van der Waals surface area contributed by atoms with E-state index in [1.165, 1.54) is 10.4 Å². The molecule has 1 aromatic rings. The fourth-order valence-electron chi connectivity index (χ4n) is 2.29. The number of morpholine rings is 1. The Balaban J connectivity index is 2.15. The molecule has 1 aromatic heterocycles. The molecule has 20 heavy (non-hydrogen) atoms. The van der Waals surface area contributed by atoms with Crippen LogP contribution in [-0.4, -0.2) is 44.6 Å². The molecule has 0 spiro atoms. The number of hydrogen-bond donors (Lipinski definition) is 1. The molecule has 2 rings (SSSR count). The molecule has 2 atom stereocenters. The van der Waals surface area contributed by atoms with E-state index in [2.05, 4.69) is 5.32 Å². The van der Waals surface area contributed by atoms with Crippen molar-refractivity contribution < 1.29 is 17.6 Å². The zero-order valence-corrected chi connectivity index (χ0v) is 12.9. The van der Waals surface area contributed by atoms with E-state index >= 15 is 0 Å². The van der Waals surface area contributed by atoms with Crippen LogP contribution in [0.3, 0.4) is 0 Å². The van der Waals surface area contributed by atoms with Gasteiger partial charge in [-0.1, -0.05) is 6.92 Å². The van der Waals surface area contributed by atoms with Gasteiger partial charge in [0, 0.05) is 13.1 Å². The summed E-state index contributed by atoms with van der Waals surface area (Å²) in [5.74, 6) is 0.625. The molecule has 2 unspecified atom stereocenters. The second-order valence-electron chi connectivity index (χ2n) is 5.08. The Hall–Kier alpha value is -0.890. The molecule has 0 radical (unpaired) electrons. The monoisotopic (exact) mass is 302 g/mol. The van der Waals surface area contributed by atoms with E-state index in [9.17, 15) is 8.42 Å². The number of sulfonamides is 1. The molecule has 0 aliphatic carbocycles.